The topological polar surface area (TPSA) is 101 Å². The Balaban J connectivity index is 1.57. The Kier molecular flexibility index (Phi) is 5.54. The van der Waals surface area contributed by atoms with Crippen LogP contribution in [0.15, 0.2) is 54.6 Å². The van der Waals surface area contributed by atoms with Gasteiger partial charge in [-0.15, -0.1) is 5.10 Å². The molecule has 4 aromatic rings. The average Bonchev–Trinajstić information content (AvgIpc) is 3.18. The van der Waals surface area contributed by atoms with Crippen molar-refractivity contribution in [2.45, 2.75) is 20.0 Å². The molecule has 0 radical (unpaired) electrons. The molecule has 11 heteroatoms. The van der Waals surface area contributed by atoms with Crippen LogP contribution in [0.4, 0.5) is 24.5 Å². The minimum Gasteiger partial charge on any atom is -0.322 e. The Morgan fingerprint density at radius 2 is 1.67 bits per heavy atom. The second kappa shape index (κ2) is 8.34. The number of carbonyl (C=O) groups is 2. The zero-order chi connectivity index (χ0) is 23.8. The van der Waals surface area contributed by atoms with Gasteiger partial charge in [0, 0.05) is 17.1 Å². The first-order chi connectivity index (χ1) is 15.6. The van der Waals surface area contributed by atoms with Crippen molar-refractivity contribution in [3.8, 4) is 0 Å². The van der Waals surface area contributed by atoms with Crippen LogP contribution in [0.5, 0.6) is 0 Å². The Labute approximate surface area is 185 Å². The first-order valence-corrected chi connectivity index (χ1v) is 9.72. The number of aromatic nitrogens is 4. The van der Waals surface area contributed by atoms with Crippen LogP contribution in [-0.2, 0) is 6.18 Å². The summed E-state index contributed by atoms with van der Waals surface area (Å²) < 4.78 is 40.3. The molecule has 0 saturated carbocycles. The van der Waals surface area contributed by atoms with Crippen molar-refractivity contribution in [3.63, 3.8) is 0 Å². The normalized spacial score (nSPS) is 11.4. The number of fused-ring (bicyclic) bond motifs is 1. The zero-order valence-corrected chi connectivity index (χ0v) is 17.4. The molecule has 0 fully saturated rings. The molecule has 2 N–H and O–H groups in total. The van der Waals surface area contributed by atoms with E-state index in [-0.39, 0.29) is 28.5 Å². The van der Waals surface area contributed by atoms with E-state index in [1.165, 1.54) is 28.8 Å². The first kappa shape index (κ1) is 21.9. The highest BCUT2D eigenvalue weighted by Crippen LogP contribution is 2.31. The lowest BCUT2D eigenvalue weighted by Crippen LogP contribution is -2.19. The fraction of sp³-hybridized carbons (Fsp3) is 0.136. The molecule has 2 aromatic heterocycles. The Hall–Kier alpha value is -4.28. The molecular weight excluding hydrogens is 437 g/mol. The molecule has 0 aliphatic rings. The van der Waals surface area contributed by atoms with Gasteiger partial charge in [0.2, 0.25) is 5.82 Å². The molecule has 0 atom stereocenters. The van der Waals surface area contributed by atoms with Crippen LogP contribution in [0.1, 0.15) is 37.9 Å². The number of nitrogens with one attached hydrogen (secondary N) is 2. The number of hydrogen-bond donors (Lipinski definition) is 2. The number of nitrogens with zero attached hydrogens (tertiary/aromatic N) is 4. The summed E-state index contributed by atoms with van der Waals surface area (Å²) in [5, 5.41) is 9.15. The molecule has 0 aliphatic heterocycles. The van der Waals surface area contributed by atoms with Crippen molar-refractivity contribution in [3.05, 3.63) is 82.9 Å². The van der Waals surface area contributed by atoms with Gasteiger partial charge in [-0.2, -0.15) is 18.2 Å². The van der Waals surface area contributed by atoms with Crippen LogP contribution >= 0.6 is 0 Å². The quantitative estimate of drug-likeness (QED) is 0.480. The fourth-order valence-corrected chi connectivity index (χ4v) is 3.20. The molecule has 0 saturated heterocycles. The third kappa shape index (κ3) is 4.66. The van der Waals surface area contributed by atoms with E-state index >= 15 is 0 Å². The number of alkyl halides is 3. The van der Waals surface area contributed by atoms with Crippen LogP contribution in [0, 0.1) is 13.8 Å². The SMILES string of the molecule is Cc1cc(C)n2nc(C(=O)Nc3ccccc3C(=O)Nc3cccc(C(F)(F)F)c3)nc2n1. The molecule has 2 heterocycles. The van der Waals surface area contributed by atoms with E-state index in [1.807, 2.05) is 0 Å². The lowest BCUT2D eigenvalue weighted by Gasteiger charge is -2.12. The first-order valence-electron chi connectivity index (χ1n) is 9.72. The molecule has 0 spiro atoms. The number of amides is 2. The summed E-state index contributed by atoms with van der Waals surface area (Å²) in [6, 6.07) is 12.1. The van der Waals surface area contributed by atoms with E-state index in [9.17, 15) is 22.8 Å². The molecule has 2 aromatic carbocycles. The van der Waals surface area contributed by atoms with Gasteiger partial charge in [0.15, 0.2) is 0 Å². The van der Waals surface area contributed by atoms with E-state index in [0.29, 0.717) is 0 Å². The van der Waals surface area contributed by atoms with Crippen molar-refractivity contribution < 1.29 is 22.8 Å². The fourth-order valence-electron chi connectivity index (χ4n) is 3.20. The molecular formula is C22H17F3N6O2. The molecule has 33 heavy (non-hydrogen) atoms. The van der Waals surface area contributed by atoms with Crippen LogP contribution in [0.25, 0.3) is 5.78 Å². The van der Waals surface area contributed by atoms with Gasteiger partial charge in [0.05, 0.1) is 16.8 Å². The third-order valence-corrected chi connectivity index (χ3v) is 4.69. The predicted octanol–water partition coefficient (Wildman–Crippen LogP) is 4.26. The summed E-state index contributed by atoms with van der Waals surface area (Å²) in [5.74, 6) is -1.25. The Morgan fingerprint density at radius 3 is 2.42 bits per heavy atom. The highest BCUT2D eigenvalue weighted by Gasteiger charge is 2.30. The molecule has 168 valence electrons. The van der Waals surface area contributed by atoms with E-state index in [1.54, 1.807) is 32.0 Å². The lowest BCUT2D eigenvalue weighted by molar-refractivity contribution is -0.137. The molecule has 0 unspecified atom stereocenters. The van der Waals surface area contributed by atoms with Crippen molar-refractivity contribution in [2.24, 2.45) is 0 Å². The number of rotatable bonds is 4. The van der Waals surface area contributed by atoms with Crippen LogP contribution in [-0.4, -0.2) is 31.4 Å². The third-order valence-electron chi connectivity index (χ3n) is 4.69. The number of hydrogen-bond acceptors (Lipinski definition) is 5. The van der Waals surface area contributed by atoms with E-state index in [4.69, 9.17) is 0 Å². The summed E-state index contributed by atoms with van der Waals surface area (Å²) in [5.41, 5.74) is 0.735. The smallest absolute Gasteiger partial charge is 0.322 e. The molecule has 8 nitrogen and oxygen atoms in total. The van der Waals surface area contributed by atoms with Crippen molar-refractivity contribution in [2.75, 3.05) is 10.6 Å². The van der Waals surface area contributed by atoms with Crippen LogP contribution in [0.2, 0.25) is 0 Å². The van der Waals surface area contributed by atoms with E-state index < -0.39 is 23.6 Å². The number of carbonyl (C=O) groups excluding carboxylic acids is 2. The average molecular weight is 454 g/mol. The van der Waals surface area contributed by atoms with E-state index in [0.717, 1.165) is 23.5 Å². The van der Waals surface area contributed by atoms with Gasteiger partial charge in [-0.05, 0) is 50.2 Å². The van der Waals surface area contributed by atoms with Crippen LogP contribution < -0.4 is 10.6 Å². The second-order valence-electron chi connectivity index (χ2n) is 7.22. The van der Waals surface area contributed by atoms with E-state index in [2.05, 4.69) is 25.7 Å². The van der Waals surface area contributed by atoms with Gasteiger partial charge < -0.3 is 10.6 Å². The predicted molar refractivity (Wildman–Crippen MR) is 114 cm³/mol. The Bertz CT molecular complexity index is 1380. The van der Waals surface area contributed by atoms with Gasteiger partial charge in [-0.1, -0.05) is 18.2 Å². The van der Waals surface area contributed by atoms with Gasteiger partial charge in [0.1, 0.15) is 0 Å². The van der Waals surface area contributed by atoms with Crippen molar-refractivity contribution in [1.82, 2.24) is 19.6 Å². The lowest BCUT2D eigenvalue weighted by atomic mass is 10.1. The van der Waals surface area contributed by atoms with Gasteiger partial charge in [-0.25, -0.2) is 9.50 Å². The monoisotopic (exact) mass is 454 g/mol. The number of aryl methyl sites for hydroxylation is 2. The maximum Gasteiger partial charge on any atom is 0.416 e. The summed E-state index contributed by atoms with van der Waals surface area (Å²) in [7, 11) is 0. The molecule has 0 aliphatic carbocycles. The number of anilines is 2. The standard InChI is InChI=1S/C22H17F3N6O2/c1-12-10-13(2)31-21(26-12)29-18(30-31)20(33)28-17-9-4-3-8-16(17)19(32)27-15-7-5-6-14(11-15)22(23,24)25/h3-11H,1-2H3,(H,27,32)(H,28,33). The maximum absolute atomic E-state index is 12.9. The van der Waals surface area contributed by atoms with Gasteiger partial charge >= 0.3 is 6.18 Å². The zero-order valence-electron chi connectivity index (χ0n) is 17.4. The molecule has 0 bridgehead atoms. The largest absolute Gasteiger partial charge is 0.416 e. The molecule has 2 amide bonds. The maximum atomic E-state index is 12.9. The highest BCUT2D eigenvalue weighted by molar-refractivity contribution is 6.11. The summed E-state index contributed by atoms with van der Waals surface area (Å²) in [6.45, 7) is 3.59. The van der Waals surface area contributed by atoms with Crippen LogP contribution in [0.3, 0.4) is 0 Å². The van der Waals surface area contributed by atoms with Crippen molar-refractivity contribution >= 4 is 29.0 Å². The minimum atomic E-state index is -4.54. The summed E-state index contributed by atoms with van der Waals surface area (Å²) in [6.07, 6.45) is -4.54. The number of halogens is 3. The second-order valence-corrected chi connectivity index (χ2v) is 7.22. The summed E-state index contributed by atoms with van der Waals surface area (Å²) in [4.78, 5) is 33.8. The number of benzene rings is 2. The summed E-state index contributed by atoms with van der Waals surface area (Å²) >= 11 is 0. The highest BCUT2D eigenvalue weighted by atomic mass is 19.4. The molecule has 4 rings (SSSR count). The van der Waals surface area contributed by atoms with Gasteiger partial charge in [-0.3, -0.25) is 9.59 Å². The van der Waals surface area contributed by atoms with Gasteiger partial charge in [0.25, 0.3) is 17.6 Å². The van der Waals surface area contributed by atoms with Crippen molar-refractivity contribution in [1.29, 1.82) is 0 Å². The number of para-hydroxylation sites is 1. The minimum absolute atomic E-state index is 0.0325. The Morgan fingerprint density at radius 1 is 0.909 bits per heavy atom.